The number of hydrogen-bond donors (Lipinski definition) is 3. The first-order chi connectivity index (χ1) is 13.1. The minimum atomic E-state index is -0.845. The zero-order chi connectivity index (χ0) is 20.2. The molecule has 162 valence electrons. The van der Waals surface area contributed by atoms with Gasteiger partial charge < -0.3 is 15.5 Å². The Labute approximate surface area is 168 Å². The molecule has 0 heterocycles. The van der Waals surface area contributed by atoms with Gasteiger partial charge in [0.05, 0.1) is 18.8 Å². The summed E-state index contributed by atoms with van der Waals surface area (Å²) in [5, 5.41) is 21.7. The molecule has 4 nitrogen and oxygen atoms in total. The molecule has 0 aliphatic rings. The lowest BCUT2D eigenvalue weighted by Gasteiger charge is -2.30. The number of amides is 1. The molecule has 0 aliphatic heterocycles. The number of rotatable bonds is 20. The van der Waals surface area contributed by atoms with E-state index >= 15 is 0 Å². The summed E-state index contributed by atoms with van der Waals surface area (Å²) in [6.07, 6.45) is 21.8. The Morgan fingerprint density at radius 3 is 1.30 bits per heavy atom. The van der Waals surface area contributed by atoms with Gasteiger partial charge in [-0.1, -0.05) is 110 Å². The fraction of sp³-hybridized carbons (Fsp3) is 0.957. The smallest absolute Gasteiger partial charge is 0.217 e. The third kappa shape index (κ3) is 16.1. The second kappa shape index (κ2) is 18.7. The molecular formula is C23H47NO3. The van der Waals surface area contributed by atoms with Gasteiger partial charge >= 0.3 is 0 Å². The maximum Gasteiger partial charge on any atom is 0.217 e. The van der Waals surface area contributed by atoms with Gasteiger partial charge in [0.15, 0.2) is 0 Å². The summed E-state index contributed by atoms with van der Waals surface area (Å²) in [6.45, 7) is 3.28. The Morgan fingerprint density at radius 2 is 1.00 bits per heavy atom. The van der Waals surface area contributed by atoms with Crippen LogP contribution in [0.3, 0.4) is 0 Å². The summed E-state index contributed by atoms with van der Waals surface area (Å²) in [6, 6.07) is 0. The molecule has 0 aliphatic carbocycles. The molecule has 0 rings (SSSR count). The number of carbonyl (C=O) groups excluding carboxylic acids is 1. The van der Waals surface area contributed by atoms with E-state index in [1.54, 1.807) is 0 Å². The van der Waals surface area contributed by atoms with Gasteiger partial charge in [0.1, 0.15) is 0 Å². The van der Waals surface area contributed by atoms with E-state index in [9.17, 15) is 15.0 Å². The van der Waals surface area contributed by atoms with Crippen molar-refractivity contribution in [3.8, 4) is 0 Å². The summed E-state index contributed by atoms with van der Waals surface area (Å²) in [5.41, 5.74) is -0.845. The lowest BCUT2D eigenvalue weighted by molar-refractivity contribution is -0.122. The lowest BCUT2D eigenvalue weighted by atomic mass is 9.93. The number of aliphatic hydroxyl groups is 2. The fourth-order valence-electron chi connectivity index (χ4n) is 3.73. The van der Waals surface area contributed by atoms with E-state index in [0.29, 0.717) is 6.42 Å². The van der Waals surface area contributed by atoms with Gasteiger partial charge in [-0.3, -0.25) is 4.79 Å². The van der Waals surface area contributed by atoms with E-state index in [2.05, 4.69) is 12.2 Å². The molecule has 0 spiro atoms. The third-order valence-electron chi connectivity index (χ3n) is 5.56. The van der Waals surface area contributed by atoms with Crippen molar-refractivity contribution in [1.29, 1.82) is 0 Å². The van der Waals surface area contributed by atoms with Crippen molar-refractivity contribution in [2.24, 2.45) is 0 Å². The second-order valence-corrected chi connectivity index (χ2v) is 8.33. The van der Waals surface area contributed by atoms with Gasteiger partial charge in [0.2, 0.25) is 5.91 Å². The Bertz CT molecular complexity index is 330. The van der Waals surface area contributed by atoms with Crippen molar-refractivity contribution in [2.45, 2.75) is 129 Å². The molecule has 0 aromatic rings. The average Bonchev–Trinajstić information content (AvgIpc) is 2.66. The van der Waals surface area contributed by atoms with Gasteiger partial charge in [-0.2, -0.15) is 0 Å². The van der Waals surface area contributed by atoms with E-state index in [1.165, 1.54) is 96.8 Å². The minimum absolute atomic E-state index is 0.199. The Hall–Kier alpha value is -0.610. The number of hydrogen-bond acceptors (Lipinski definition) is 3. The SMILES string of the molecule is CCCCCCCCCCCCCCCCCCC(CO)(CO)NC(C)=O. The van der Waals surface area contributed by atoms with Gasteiger partial charge in [-0.05, 0) is 6.42 Å². The first-order valence-electron chi connectivity index (χ1n) is 11.6. The van der Waals surface area contributed by atoms with Crippen molar-refractivity contribution < 1.29 is 15.0 Å². The minimum Gasteiger partial charge on any atom is -0.394 e. The average molecular weight is 386 g/mol. The first-order valence-corrected chi connectivity index (χ1v) is 11.6. The van der Waals surface area contributed by atoms with Crippen LogP contribution in [0.15, 0.2) is 0 Å². The predicted octanol–water partition coefficient (Wildman–Crippen LogP) is 5.50. The van der Waals surface area contributed by atoms with Crippen molar-refractivity contribution in [2.75, 3.05) is 13.2 Å². The summed E-state index contributed by atoms with van der Waals surface area (Å²) in [4.78, 5) is 11.2. The number of aliphatic hydroxyl groups excluding tert-OH is 2. The fourth-order valence-corrected chi connectivity index (χ4v) is 3.73. The molecule has 0 saturated carbocycles. The zero-order valence-corrected chi connectivity index (χ0v) is 18.2. The van der Waals surface area contributed by atoms with Crippen LogP contribution in [0.2, 0.25) is 0 Å². The second-order valence-electron chi connectivity index (χ2n) is 8.33. The molecule has 4 heteroatoms. The van der Waals surface area contributed by atoms with Gasteiger partial charge in [0, 0.05) is 6.92 Å². The monoisotopic (exact) mass is 385 g/mol. The Morgan fingerprint density at radius 1 is 0.667 bits per heavy atom. The lowest BCUT2D eigenvalue weighted by Crippen LogP contribution is -2.53. The van der Waals surface area contributed by atoms with Crippen molar-refractivity contribution in [1.82, 2.24) is 5.32 Å². The highest BCUT2D eigenvalue weighted by Crippen LogP contribution is 2.17. The molecule has 0 bridgehead atoms. The number of unbranched alkanes of at least 4 members (excludes halogenated alkanes) is 15. The maximum atomic E-state index is 11.2. The normalized spacial score (nSPS) is 11.7. The number of carbonyl (C=O) groups is 1. The molecule has 27 heavy (non-hydrogen) atoms. The van der Waals surface area contributed by atoms with Crippen LogP contribution in [0.5, 0.6) is 0 Å². The largest absolute Gasteiger partial charge is 0.394 e. The van der Waals surface area contributed by atoms with Crippen LogP contribution in [0.4, 0.5) is 0 Å². The third-order valence-corrected chi connectivity index (χ3v) is 5.56. The standard InChI is InChI=1S/C23H47NO3/c1-3-4-5-6-7-8-9-10-11-12-13-14-15-16-17-18-19-23(20-25,21-26)24-22(2)27/h25-26H,3-21H2,1-2H3,(H,24,27). The van der Waals surface area contributed by atoms with Crippen molar-refractivity contribution >= 4 is 5.91 Å². The Balaban J connectivity index is 3.38. The quantitative estimate of drug-likeness (QED) is 0.242. The molecule has 0 unspecified atom stereocenters. The highest BCUT2D eigenvalue weighted by molar-refractivity contribution is 5.73. The highest BCUT2D eigenvalue weighted by atomic mass is 16.3. The summed E-state index contributed by atoms with van der Waals surface area (Å²) in [5.74, 6) is -0.199. The van der Waals surface area contributed by atoms with E-state index in [4.69, 9.17) is 0 Å². The van der Waals surface area contributed by atoms with Crippen LogP contribution < -0.4 is 5.32 Å². The first kappa shape index (κ1) is 26.4. The summed E-state index contributed by atoms with van der Waals surface area (Å²) < 4.78 is 0. The molecule has 1 amide bonds. The van der Waals surface area contributed by atoms with E-state index in [0.717, 1.165) is 12.8 Å². The summed E-state index contributed by atoms with van der Waals surface area (Å²) in [7, 11) is 0. The van der Waals surface area contributed by atoms with Gasteiger partial charge in [-0.25, -0.2) is 0 Å². The molecule has 0 saturated heterocycles. The molecule has 0 radical (unpaired) electrons. The molecule has 0 aromatic heterocycles. The summed E-state index contributed by atoms with van der Waals surface area (Å²) >= 11 is 0. The highest BCUT2D eigenvalue weighted by Gasteiger charge is 2.28. The molecule has 0 aromatic carbocycles. The van der Waals surface area contributed by atoms with Crippen LogP contribution in [0.1, 0.15) is 123 Å². The van der Waals surface area contributed by atoms with Crippen LogP contribution in [0, 0.1) is 0 Å². The van der Waals surface area contributed by atoms with Gasteiger partial charge in [-0.15, -0.1) is 0 Å². The molecule has 0 atom stereocenters. The van der Waals surface area contributed by atoms with Crippen LogP contribution in [-0.4, -0.2) is 34.9 Å². The van der Waals surface area contributed by atoms with E-state index in [1.807, 2.05) is 0 Å². The number of nitrogens with one attached hydrogen (secondary N) is 1. The molecule has 0 fully saturated rings. The van der Waals surface area contributed by atoms with E-state index in [-0.39, 0.29) is 19.1 Å². The predicted molar refractivity (Wildman–Crippen MR) is 115 cm³/mol. The van der Waals surface area contributed by atoms with Crippen molar-refractivity contribution in [3.05, 3.63) is 0 Å². The van der Waals surface area contributed by atoms with Gasteiger partial charge in [0.25, 0.3) is 0 Å². The van der Waals surface area contributed by atoms with E-state index < -0.39 is 5.54 Å². The van der Waals surface area contributed by atoms with Crippen LogP contribution in [0.25, 0.3) is 0 Å². The molecular weight excluding hydrogens is 338 g/mol. The zero-order valence-electron chi connectivity index (χ0n) is 18.2. The topological polar surface area (TPSA) is 69.6 Å². The molecule has 3 N–H and O–H groups in total. The Kier molecular flexibility index (Phi) is 18.3. The van der Waals surface area contributed by atoms with Crippen molar-refractivity contribution in [3.63, 3.8) is 0 Å². The van der Waals surface area contributed by atoms with Crippen LogP contribution in [-0.2, 0) is 4.79 Å². The maximum absolute atomic E-state index is 11.2. The van der Waals surface area contributed by atoms with Crippen LogP contribution >= 0.6 is 0 Å².